The van der Waals surface area contributed by atoms with Crippen LogP contribution in [0.1, 0.15) is 22.3 Å². The summed E-state index contributed by atoms with van der Waals surface area (Å²) in [5.74, 6) is 0. The van der Waals surface area contributed by atoms with Crippen molar-refractivity contribution in [3.05, 3.63) is 113 Å². The Balaban J connectivity index is 2.01. The lowest BCUT2D eigenvalue weighted by Gasteiger charge is -2.05. The van der Waals surface area contributed by atoms with Crippen molar-refractivity contribution in [2.24, 2.45) is 4.99 Å². The summed E-state index contributed by atoms with van der Waals surface area (Å²) in [5.41, 5.74) is 4.16. The van der Waals surface area contributed by atoms with Gasteiger partial charge in [0.1, 0.15) is 0 Å². The highest BCUT2D eigenvalue weighted by Gasteiger charge is 2.05. The molecule has 3 rings (SSSR count). The zero-order valence-corrected chi connectivity index (χ0v) is 14.1. The average Bonchev–Trinajstić information content (AvgIpc) is 2.72. The van der Waals surface area contributed by atoms with Crippen molar-refractivity contribution in [1.82, 2.24) is 0 Å². The fourth-order valence-corrected chi connectivity index (χ4v) is 2.46. The fourth-order valence-electron chi connectivity index (χ4n) is 2.46. The predicted molar refractivity (Wildman–Crippen MR) is 106 cm³/mol. The van der Waals surface area contributed by atoms with Gasteiger partial charge in [0.15, 0.2) is 0 Å². The maximum atomic E-state index is 9.16. The van der Waals surface area contributed by atoms with Crippen LogP contribution in [-0.2, 0) is 0 Å². The third kappa shape index (κ3) is 4.40. The zero-order valence-electron chi connectivity index (χ0n) is 14.1. The minimum atomic E-state index is 0.369. The molecule has 0 saturated heterocycles. The average molecular weight is 335 g/mol. The summed E-state index contributed by atoms with van der Waals surface area (Å²) in [4.78, 5) is 4.59. The summed E-state index contributed by atoms with van der Waals surface area (Å²) >= 11 is 0. The highest BCUT2D eigenvalue weighted by molar-refractivity contribution is 6.10. The van der Waals surface area contributed by atoms with Crippen LogP contribution in [0.3, 0.4) is 0 Å². The molecule has 0 bridgehead atoms. The second-order valence-electron chi connectivity index (χ2n) is 5.67. The Bertz CT molecular complexity index is 994. The van der Waals surface area contributed by atoms with Crippen molar-refractivity contribution in [3.63, 3.8) is 0 Å². The van der Waals surface area contributed by atoms with Crippen LogP contribution in [-0.4, -0.2) is 11.9 Å². The maximum absolute atomic E-state index is 9.16. The minimum Gasteiger partial charge on any atom is -0.300 e. The van der Waals surface area contributed by atoms with Crippen molar-refractivity contribution in [2.45, 2.75) is 0 Å². The van der Waals surface area contributed by atoms with E-state index in [1.165, 1.54) is 0 Å². The number of hydrogen-bond acceptors (Lipinski definition) is 3. The van der Waals surface area contributed by atoms with Gasteiger partial charge in [0.2, 0.25) is 0 Å². The largest absolute Gasteiger partial charge is 0.300 e. The van der Waals surface area contributed by atoms with Gasteiger partial charge in [-0.05, 0) is 29.3 Å². The number of hydrogen-bond donors (Lipinski definition) is 1. The van der Waals surface area contributed by atoms with E-state index in [1.807, 2.05) is 72.8 Å². The van der Waals surface area contributed by atoms with Crippen LogP contribution in [0, 0.1) is 16.7 Å². The van der Waals surface area contributed by atoms with Crippen molar-refractivity contribution in [3.8, 4) is 6.07 Å². The number of benzene rings is 3. The lowest BCUT2D eigenvalue weighted by Crippen LogP contribution is -1.96. The molecule has 3 aromatic rings. The third-order valence-electron chi connectivity index (χ3n) is 3.81. The van der Waals surface area contributed by atoms with E-state index in [0.29, 0.717) is 17.0 Å². The standard InChI is InChI=1S/C23H17N3/c24-16-19-10-7-13-21(14-19)23(26-17-18-8-3-1-4-9-18)15-22(25)20-11-5-2-6-12-20/h1-15,17,25H/b23-15-,25-22?,26-17?. The highest BCUT2D eigenvalue weighted by atomic mass is 14.7. The van der Waals surface area contributed by atoms with Gasteiger partial charge in [0.05, 0.1) is 23.0 Å². The van der Waals surface area contributed by atoms with Crippen LogP contribution < -0.4 is 0 Å². The Labute approximate surface area is 153 Å². The van der Waals surface area contributed by atoms with Crippen molar-refractivity contribution in [1.29, 1.82) is 10.7 Å². The second kappa shape index (κ2) is 8.36. The number of rotatable bonds is 5. The molecule has 0 heterocycles. The molecule has 124 valence electrons. The maximum Gasteiger partial charge on any atom is 0.0991 e. The van der Waals surface area contributed by atoms with Gasteiger partial charge in [-0.15, -0.1) is 0 Å². The van der Waals surface area contributed by atoms with Gasteiger partial charge in [-0.2, -0.15) is 5.26 Å². The monoisotopic (exact) mass is 335 g/mol. The molecule has 0 unspecified atom stereocenters. The fraction of sp³-hybridized carbons (Fsp3) is 0. The quantitative estimate of drug-likeness (QED) is 0.649. The van der Waals surface area contributed by atoms with Crippen molar-refractivity contribution in [2.75, 3.05) is 0 Å². The van der Waals surface area contributed by atoms with Gasteiger partial charge in [-0.1, -0.05) is 72.8 Å². The summed E-state index contributed by atoms with van der Waals surface area (Å²) in [6, 6.07) is 28.7. The normalized spacial score (nSPS) is 11.3. The van der Waals surface area contributed by atoms with Gasteiger partial charge in [-0.3, -0.25) is 4.99 Å². The zero-order chi connectivity index (χ0) is 18.2. The number of aliphatic imine (C=N–C) groups is 1. The summed E-state index contributed by atoms with van der Waals surface area (Å²) in [6.07, 6.45) is 3.49. The molecule has 26 heavy (non-hydrogen) atoms. The number of nitrogens with one attached hydrogen (secondary N) is 1. The predicted octanol–water partition coefficient (Wildman–Crippen LogP) is 5.09. The smallest absolute Gasteiger partial charge is 0.0991 e. The Morgan fingerprint density at radius 2 is 1.50 bits per heavy atom. The van der Waals surface area contributed by atoms with E-state index < -0.39 is 0 Å². The topological polar surface area (TPSA) is 60.0 Å². The molecule has 0 fully saturated rings. The molecular weight excluding hydrogens is 318 g/mol. The van der Waals surface area contributed by atoms with E-state index in [9.17, 15) is 0 Å². The first-order valence-corrected chi connectivity index (χ1v) is 8.21. The van der Waals surface area contributed by atoms with Gasteiger partial charge in [0, 0.05) is 11.8 Å². The van der Waals surface area contributed by atoms with Gasteiger partial charge >= 0.3 is 0 Å². The van der Waals surface area contributed by atoms with Crippen LogP contribution in [0.4, 0.5) is 0 Å². The highest BCUT2D eigenvalue weighted by Crippen LogP contribution is 2.19. The molecule has 0 saturated carbocycles. The SMILES string of the molecule is N#Cc1cccc(/C(=C/C(=N)c2ccccc2)N=Cc2ccccc2)c1. The van der Waals surface area contributed by atoms with E-state index in [1.54, 1.807) is 24.4 Å². The van der Waals surface area contributed by atoms with E-state index >= 15 is 0 Å². The lowest BCUT2D eigenvalue weighted by molar-refractivity contribution is 1.44. The van der Waals surface area contributed by atoms with Gasteiger partial charge < -0.3 is 5.41 Å². The summed E-state index contributed by atoms with van der Waals surface area (Å²) in [6.45, 7) is 0. The first-order valence-electron chi connectivity index (χ1n) is 8.21. The van der Waals surface area contributed by atoms with E-state index in [0.717, 1.165) is 16.7 Å². The molecule has 3 aromatic carbocycles. The third-order valence-corrected chi connectivity index (χ3v) is 3.81. The Morgan fingerprint density at radius 1 is 0.846 bits per heavy atom. The minimum absolute atomic E-state index is 0.369. The number of nitrogens with zero attached hydrogens (tertiary/aromatic N) is 2. The molecule has 0 atom stereocenters. The molecular formula is C23H17N3. The molecule has 0 amide bonds. The molecule has 1 N–H and O–H groups in total. The summed E-state index contributed by atoms with van der Waals surface area (Å²) < 4.78 is 0. The summed E-state index contributed by atoms with van der Waals surface area (Å²) in [5, 5.41) is 17.5. The lowest BCUT2D eigenvalue weighted by atomic mass is 10.0. The van der Waals surface area contributed by atoms with Crippen molar-refractivity contribution >= 4 is 17.6 Å². The van der Waals surface area contributed by atoms with E-state index in [-0.39, 0.29) is 0 Å². The van der Waals surface area contributed by atoms with Crippen LogP contribution in [0.25, 0.3) is 5.70 Å². The van der Waals surface area contributed by atoms with E-state index in [4.69, 9.17) is 10.7 Å². The molecule has 0 aliphatic rings. The summed E-state index contributed by atoms with van der Waals surface area (Å²) in [7, 11) is 0. The molecule has 0 aromatic heterocycles. The molecule has 0 spiro atoms. The molecule has 0 radical (unpaired) electrons. The molecule has 0 aliphatic carbocycles. The van der Waals surface area contributed by atoms with Crippen LogP contribution >= 0.6 is 0 Å². The molecule has 0 aliphatic heterocycles. The van der Waals surface area contributed by atoms with Gasteiger partial charge in [0.25, 0.3) is 0 Å². The Morgan fingerprint density at radius 3 is 2.19 bits per heavy atom. The Kier molecular flexibility index (Phi) is 5.49. The van der Waals surface area contributed by atoms with Crippen LogP contribution in [0.2, 0.25) is 0 Å². The molecule has 3 heteroatoms. The molecule has 3 nitrogen and oxygen atoms in total. The van der Waals surface area contributed by atoms with Gasteiger partial charge in [-0.25, -0.2) is 0 Å². The van der Waals surface area contributed by atoms with Crippen LogP contribution in [0.15, 0.2) is 96.0 Å². The van der Waals surface area contributed by atoms with Crippen molar-refractivity contribution < 1.29 is 0 Å². The second-order valence-corrected chi connectivity index (χ2v) is 5.67. The Hall–Kier alpha value is -3.77. The van der Waals surface area contributed by atoms with Crippen LogP contribution in [0.5, 0.6) is 0 Å². The first kappa shape index (κ1) is 17.1. The first-order chi connectivity index (χ1) is 12.8. The number of nitriles is 1. The number of allylic oxidation sites excluding steroid dienone is 1. The van der Waals surface area contributed by atoms with E-state index in [2.05, 4.69) is 11.1 Å².